The van der Waals surface area contributed by atoms with Crippen LogP contribution in [0.2, 0.25) is 0 Å². The van der Waals surface area contributed by atoms with E-state index in [1.807, 2.05) is 61.3 Å². The number of anilines is 2. The molecule has 0 spiro atoms. The van der Waals surface area contributed by atoms with Gasteiger partial charge in [0.1, 0.15) is 10.6 Å². The summed E-state index contributed by atoms with van der Waals surface area (Å²) in [6.07, 6.45) is 2.62. The lowest BCUT2D eigenvalue weighted by atomic mass is 10.1. The summed E-state index contributed by atoms with van der Waals surface area (Å²) in [6, 6.07) is 15.8. The fourth-order valence-corrected chi connectivity index (χ4v) is 4.24. The molecule has 2 aromatic carbocycles. The summed E-state index contributed by atoms with van der Waals surface area (Å²) in [6.45, 7) is 4.15. The number of unbranched alkanes of at least 4 members (excludes halogenated alkanes) is 1. The lowest BCUT2D eigenvalue weighted by molar-refractivity contribution is 0.410. The van der Waals surface area contributed by atoms with Gasteiger partial charge >= 0.3 is 0 Å². The molecule has 3 aromatic rings. The highest BCUT2D eigenvalue weighted by Crippen LogP contribution is 2.47. The molecule has 0 aliphatic rings. The van der Waals surface area contributed by atoms with Gasteiger partial charge in [-0.05, 0) is 61.7 Å². The SMILES string of the molecule is CCCCc1nc(O)c(Sc2ccc(Br)cc2)c(O)c1N(C)c1cccc(C)c1. The second-order valence-electron chi connectivity index (χ2n) is 6.97. The van der Waals surface area contributed by atoms with Crippen LogP contribution in [0.15, 0.2) is 62.8 Å². The number of pyridine rings is 1. The van der Waals surface area contributed by atoms with E-state index < -0.39 is 0 Å². The van der Waals surface area contributed by atoms with Crippen molar-refractivity contribution in [2.45, 2.75) is 42.9 Å². The topological polar surface area (TPSA) is 56.6 Å². The van der Waals surface area contributed by atoms with E-state index >= 15 is 0 Å². The summed E-state index contributed by atoms with van der Waals surface area (Å²) in [5.41, 5.74) is 3.44. The first-order valence-electron chi connectivity index (χ1n) is 9.59. The summed E-state index contributed by atoms with van der Waals surface area (Å²) in [5, 5.41) is 21.8. The van der Waals surface area contributed by atoms with Crippen molar-refractivity contribution in [2.24, 2.45) is 0 Å². The molecule has 4 nitrogen and oxygen atoms in total. The first kappa shape index (κ1) is 21.5. The first-order valence-corrected chi connectivity index (χ1v) is 11.2. The van der Waals surface area contributed by atoms with Crippen molar-refractivity contribution in [1.82, 2.24) is 4.98 Å². The number of rotatable bonds is 7. The van der Waals surface area contributed by atoms with E-state index in [-0.39, 0.29) is 11.6 Å². The Labute approximate surface area is 184 Å². The Balaban J connectivity index is 2.09. The van der Waals surface area contributed by atoms with Crippen LogP contribution in [-0.2, 0) is 6.42 Å². The van der Waals surface area contributed by atoms with Crippen molar-refractivity contribution < 1.29 is 10.2 Å². The third-order valence-corrected chi connectivity index (χ3v) is 6.30. The summed E-state index contributed by atoms with van der Waals surface area (Å²) in [5.74, 6) is -0.0801. The molecule has 1 heterocycles. The average Bonchev–Trinajstić information content (AvgIpc) is 2.70. The molecule has 0 aliphatic carbocycles. The van der Waals surface area contributed by atoms with Crippen LogP contribution in [-0.4, -0.2) is 22.2 Å². The third kappa shape index (κ3) is 5.06. The van der Waals surface area contributed by atoms with E-state index in [1.54, 1.807) is 0 Å². The Morgan fingerprint density at radius 3 is 2.48 bits per heavy atom. The molecule has 0 radical (unpaired) electrons. The molecular formula is C23H25BrN2O2S. The monoisotopic (exact) mass is 472 g/mol. The minimum atomic E-state index is -0.136. The molecule has 152 valence electrons. The van der Waals surface area contributed by atoms with Gasteiger partial charge < -0.3 is 15.1 Å². The Bertz CT molecular complexity index is 993. The van der Waals surface area contributed by atoms with Crippen LogP contribution in [0.1, 0.15) is 31.0 Å². The molecule has 1 aromatic heterocycles. The lowest BCUT2D eigenvalue weighted by Crippen LogP contribution is -2.14. The predicted molar refractivity (Wildman–Crippen MR) is 124 cm³/mol. The van der Waals surface area contributed by atoms with Gasteiger partial charge in [-0.15, -0.1) is 0 Å². The number of benzene rings is 2. The third-order valence-electron chi connectivity index (χ3n) is 4.68. The van der Waals surface area contributed by atoms with Crippen LogP contribution in [0.4, 0.5) is 11.4 Å². The van der Waals surface area contributed by atoms with Gasteiger partial charge in [0.2, 0.25) is 5.88 Å². The summed E-state index contributed by atoms with van der Waals surface area (Å²) < 4.78 is 0.975. The molecule has 0 saturated heterocycles. The summed E-state index contributed by atoms with van der Waals surface area (Å²) >= 11 is 4.73. The number of aromatic hydroxyl groups is 2. The number of hydrogen-bond acceptors (Lipinski definition) is 5. The van der Waals surface area contributed by atoms with Crippen LogP contribution in [0.5, 0.6) is 11.6 Å². The highest BCUT2D eigenvalue weighted by atomic mass is 79.9. The second kappa shape index (κ2) is 9.55. The molecule has 0 aliphatic heterocycles. The van der Waals surface area contributed by atoms with Crippen molar-refractivity contribution in [3.63, 3.8) is 0 Å². The molecule has 2 N–H and O–H groups in total. The predicted octanol–water partition coefficient (Wildman–Crippen LogP) is 6.83. The zero-order valence-corrected chi connectivity index (χ0v) is 19.2. The summed E-state index contributed by atoms with van der Waals surface area (Å²) in [4.78, 5) is 7.70. The molecule has 0 saturated carbocycles. The quantitative estimate of drug-likeness (QED) is 0.394. The van der Waals surface area contributed by atoms with E-state index in [1.165, 1.54) is 11.8 Å². The Morgan fingerprint density at radius 2 is 1.83 bits per heavy atom. The van der Waals surface area contributed by atoms with Crippen LogP contribution in [0, 0.1) is 6.92 Å². The smallest absolute Gasteiger partial charge is 0.229 e. The largest absolute Gasteiger partial charge is 0.504 e. The van der Waals surface area contributed by atoms with E-state index in [0.29, 0.717) is 22.7 Å². The minimum Gasteiger partial charge on any atom is -0.504 e. The zero-order valence-electron chi connectivity index (χ0n) is 16.8. The average molecular weight is 473 g/mol. The number of aromatic nitrogens is 1. The molecular weight excluding hydrogens is 448 g/mol. The Morgan fingerprint density at radius 1 is 1.10 bits per heavy atom. The van der Waals surface area contributed by atoms with Crippen LogP contribution < -0.4 is 4.90 Å². The lowest BCUT2D eigenvalue weighted by Gasteiger charge is -2.25. The molecule has 29 heavy (non-hydrogen) atoms. The van der Waals surface area contributed by atoms with Gasteiger partial charge in [-0.25, -0.2) is 4.98 Å². The molecule has 0 fully saturated rings. The molecule has 0 unspecified atom stereocenters. The fourth-order valence-electron chi connectivity index (χ4n) is 3.13. The van der Waals surface area contributed by atoms with Gasteiger partial charge in [-0.1, -0.05) is 53.2 Å². The molecule has 0 amide bonds. The highest BCUT2D eigenvalue weighted by molar-refractivity contribution is 9.10. The molecule has 3 rings (SSSR count). The number of aryl methyl sites for hydroxylation is 2. The second-order valence-corrected chi connectivity index (χ2v) is 8.97. The minimum absolute atomic E-state index is 0.0560. The summed E-state index contributed by atoms with van der Waals surface area (Å²) in [7, 11) is 1.92. The maximum atomic E-state index is 11.2. The maximum absolute atomic E-state index is 11.2. The van der Waals surface area contributed by atoms with Crippen LogP contribution in [0.25, 0.3) is 0 Å². The van der Waals surface area contributed by atoms with E-state index in [4.69, 9.17) is 0 Å². The standard InChI is InChI=1S/C23H25BrN2O2S/c1-4-5-9-19-20(26(3)17-8-6-7-15(2)14-17)21(27)22(23(28)25-19)29-18-12-10-16(24)11-13-18/h6-8,10-14H,4-5,9H2,1-3H3,(H2,25,27,28). The van der Waals surface area contributed by atoms with Gasteiger partial charge in [-0.3, -0.25) is 0 Å². The molecule has 6 heteroatoms. The van der Waals surface area contributed by atoms with E-state index in [9.17, 15) is 10.2 Å². The van der Waals surface area contributed by atoms with Crippen molar-refractivity contribution in [2.75, 3.05) is 11.9 Å². The van der Waals surface area contributed by atoms with E-state index in [2.05, 4.69) is 33.9 Å². The van der Waals surface area contributed by atoms with Crippen molar-refractivity contribution in [3.8, 4) is 11.6 Å². The first-order chi connectivity index (χ1) is 13.9. The maximum Gasteiger partial charge on any atom is 0.229 e. The van der Waals surface area contributed by atoms with Gasteiger partial charge in [0.25, 0.3) is 0 Å². The van der Waals surface area contributed by atoms with E-state index in [0.717, 1.165) is 33.5 Å². The Hall–Kier alpha value is -2.18. The van der Waals surface area contributed by atoms with Gasteiger partial charge in [0.05, 0.1) is 5.69 Å². The number of halogens is 1. The normalized spacial score (nSPS) is 10.9. The van der Waals surface area contributed by atoms with Crippen molar-refractivity contribution in [1.29, 1.82) is 0 Å². The van der Waals surface area contributed by atoms with Gasteiger partial charge in [0.15, 0.2) is 5.75 Å². The fraction of sp³-hybridized carbons (Fsp3) is 0.261. The van der Waals surface area contributed by atoms with Crippen molar-refractivity contribution in [3.05, 3.63) is 64.3 Å². The van der Waals surface area contributed by atoms with Crippen LogP contribution in [0.3, 0.4) is 0 Å². The number of hydrogen-bond donors (Lipinski definition) is 2. The Kier molecular flexibility index (Phi) is 7.09. The number of nitrogens with zero attached hydrogens (tertiary/aromatic N) is 2. The van der Waals surface area contributed by atoms with Gasteiger partial charge in [0, 0.05) is 22.1 Å². The zero-order chi connectivity index (χ0) is 21.0. The highest BCUT2D eigenvalue weighted by Gasteiger charge is 2.23. The van der Waals surface area contributed by atoms with Crippen molar-refractivity contribution >= 4 is 39.1 Å². The molecule has 0 atom stereocenters. The van der Waals surface area contributed by atoms with Crippen LogP contribution >= 0.6 is 27.7 Å². The molecule has 0 bridgehead atoms. The van der Waals surface area contributed by atoms with Gasteiger partial charge in [-0.2, -0.15) is 0 Å².